The van der Waals surface area contributed by atoms with Gasteiger partial charge in [-0.25, -0.2) is 0 Å². The summed E-state index contributed by atoms with van der Waals surface area (Å²) in [5.74, 6) is -0.876. The summed E-state index contributed by atoms with van der Waals surface area (Å²) < 4.78 is 19.3. The molecule has 1 aromatic carbocycles. The molecule has 1 unspecified atom stereocenters. The molecule has 0 spiro atoms. The van der Waals surface area contributed by atoms with Crippen LogP contribution in [0.1, 0.15) is 99.0 Å². The molecule has 0 N–H and O–H groups in total. The van der Waals surface area contributed by atoms with Crippen molar-refractivity contribution >= 4 is 0 Å². The van der Waals surface area contributed by atoms with Gasteiger partial charge in [0.1, 0.15) is 0 Å². The first-order chi connectivity index (χ1) is 13.8. The molecule has 0 amide bonds. The molecule has 0 aliphatic carbocycles. The van der Waals surface area contributed by atoms with Crippen LogP contribution in [0.2, 0.25) is 0 Å². The lowest BCUT2D eigenvalue weighted by Gasteiger charge is -2.43. The van der Waals surface area contributed by atoms with Crippen molar-refractivity contribution in [2.24, 2.45) is 5.92 Å². The molecule has 1 rings (SSSR count). The Morgan fingerprint density at radius 1 is 0.690 bits per heavy atom. The van der Waals surface area contributed by atoms with Gasteiger partial charge in [-0.3, -0.25) is 0 Å². The Balaban J connectivity index is 3.06. The SMILES string of the molecule is CCCCCCCCC(Cc1ccccc1)C(OC(C)C)(OC(C)C)OC(C)C. The van der Waals surface area contributed by atoms with Gasteiger partial charge >= 0.3 is 0 Å². The fourth-order valence-corrected chi connectivity index (χ4v) is 3.83. The lowest BCUT2D eigenvalue weighted by molar-refractivity contribution is -0.432. The van der Waals surface area contributed by atoms with Crippen molar-refractivity contribution in [1.82, 2.24) is 0 Å². The zero-order chi connectivity index (χ0) is 21.7. The quantitative estimate of drug-likeness (QED) is 0.210. The molecule has 0 bridgehead atoms. The molecule has 0 aromatic heterocycles. The van der Waals surface area contributed by atoms with Crippen molar-refractivity contribution in [3.8, 4) is 0 Å². The van der Waals surface area contributed by atoms with Crippen molar-refractivity contribution < 1.29 is 14.2 Å². The number of hydrogen-bond acceptors (Lipinski definition) is 3. The Kier molecular flexibility index (Phi) is 12.8. The van der Waals surface area contributed by atoms with E-state index < -0.39 is 5.97 Å². The highest BCUT2D eigenvalue weighted by Gasteiger charge is 2.45. The molecule has 0 saturated heterocycles. The molecule has 0 heterocycles. The molecule has 1 atom stereocenters. The van der Waals surface area contributed by atoms with Crippen LogP contribution in [0, 0.1) is 5.92 Å². The van der Waals surface area contributed by atoms with Crippen molar-refractivity contribution in [3.63, 3.8) is 0 Å². The van der Waals surface area contributed by atoms with Gasteiger partial charge in [-0.05, 0) is 59.9 Å². The maximum absolute atomic E-state index is 6.45. The normalized spacial score (nSPS) is 13.6. The van der Waals surface area contributed by atoms with Crippen molar-refractivity contribution in [1.29, 1.82) is 0 Å². The van der Waals surface area contributed by atoms with E-state index in [0.29, 0.717) is 0 Å². The minimum absolute atomic E-state index is 0.0235. The van der Waals surface area contributed by atoms with Gasteiger partial charge in [0.25, 0.3) is 5.97 Å². The highest BCUT2D eigenvalue weighted by Crippen LogP contribution is 2.36. The van der Waals surface area contributed by atoms with E-state index >= 15 is 0 Å². The van der Waals surface area contributed by atoms with Crippen molar-refractivity contribution in [2.75, 3.05) is 0 Å². The molecule has 29 heavy (non-hydrogen) atoms. The summed E-state index contributed by atoms with van der Waals surface area (Å²) in [5.41, 5.74) is 1.31. The monoisotopic (exact) mass is 406 g/mol. The number of hydrogen-bond donors (Lipinski definition) is 0. The van der Waals surface area contributed by atoms with Crippen LogP contribution in [0.5, 0.6) is 0 Å². The fraction of sp³-hybridized carbons (Fsp3) is 0.769. The molecule has 0 aliphatic heterocycles. The predicted octanol–water partition coefficient (Wildman–Crippen LogP) is 7.52. The van der Waals surface area contributed by atoms with E-state index in [-0.39, 0.29) is 24.2 Å². The molecular weight excluding hydrogens is 360 g/mol. The Morgan fingerprint density at radius 3 is 1.66 bits per heavy atom. The fourth-order valence-electron chi connectivity index (χ4n) is 3.83. The van der Waals surface area contributed by atoms with Gasteiger partial charge in [0, 0.05) is 5.92 Å². The highest BCUT2D eigenvalue weighted by molar-refractivity contribution is 5.15. The summed E-state index contributed by atoms with van der Waals surface area (Å²) in [4.78, 5) is 0. The van der Waals surface area contributed by atoms with Gasteiger partial charge in [0.2, 0.25) is 0 Å². The van der Waals surface area contributed by atoms with E-state index in [1.54, 1.807) is 0 Å². The summed E-state index contributed by atoms with van der Waals surface area (Å²) in [6, 6.07) is 10.7. The molecule has 0 fully saturated rings. The lowest BCUT2D eigenvalue weighted by atomic mass is 9.90. The van der Waals surface area contributed by atoms with Gasteiger partial charge in [-0.2, -0.15) is 0 Å². The third-order valence-electron chi connectivity index (χ3n) is 4.93. The maximum atomic E-state index is 6.45. The van der Waals surface area contributed by atoms with Crippen LogP contribution in [0.25, 0.3) is 0 Å². The van der Waals surface area contributed by atoms with Crippen LogP contribution in [-0.2, 0) is 20.6 Å². The summed E-state index contributed by atoms with van der Waals surface area (Å²) in [6.07, 6.45) is 9.68. The molecule has 0 radical (unpaired) electrons. The Labute approximate surface area is 180 Å². The zero-order valence-corrected chi connectivity index (χ0v) is 20.1. The van der Waals surface area contributed by atoms with E-state index in [0.717, 1.165) is 12.8 Å². The summed E-state index contributed by atoms with van der Waals surface area (Å²) in [5, 5.41) is 0. The van der Waals surface area contributed by atoms with E-state index in [4.69, 9.17) is 14.2 Å². The molecular formula is C26H46O3. The number of rotatable bonds is 16. The first-order valence-electron chi connectivity index (χ1n) is 11.9. The molecule has 0 saturated carbocycles. The van der Waals surface area contributed by atoms with Crippen LogP contribution < -0.4 is 0 Å². The van der Waals surface area contributed by atoms with Crippen LogP contribution >= 0.6 is 0 Å². The zero-order valence-electron chi connectivity index (χ0n) is 20.1. The molecule has 3 heteroatoms. The average molecular weight is 407 g/mol. The Morgan fingerprint density at radius 2 is 1.17 bits per heavy atom. The van der Waals surface area contributed by atoms with Gasteiger partial charge in [-0.15, -0.1) is 0 Å². The van der Waals surface area contributed by atoms with E-state index in [1.165, 1.54) is 44.1 Å². The summed E-state index contributed by atoms with van der Waals surface area (Å²) >= 11 is 0. The van der Waals surface area contributed by atoms with Gasteiger partial charge in [-0.1, -0.05) is 75.8 Å². The van der Waals surface area contributed by atoms with E-state index in [1.807, 2.05) is 0 Å². The van der Waals surface area contributed by atoms with Crippen LogP contribution in [0.3, 0.4) is 0 Å². The minimum Gasteiger partial charge on any atom is -0.324 e. The van der Waals surface area contributed by atoms with Crippen molar-refractivity contribution in [2.45, 2.75) is 124 Å². The highest BCUT2D eigenvalue weighted by atomic mass is 16.9. The van der Waals surface area contributed by atoms with Gasteiger partial charge in [0.15, 0.2) is 0 Å². The standard InChI is InChI=1S/C26H46O3/c1-8-9-10-11-12-16-19-25(20-24-17-14-13-15-18-24)26(27-21(2)3,28-22(4)5)29-23(6)7/h13-15,17-18,21-23,25H,8-12,16,19-20H2,1-7H3. The topological polar surface area (TPSA) is 27.7 Å². The smallest absolute Gasteiger partial charge is 0.286 e. The lowest BCUT2D eigenvalue weighted by Crippen LogP contribution is -2.51. The third-order valence-corrected chi connectivity index (χ3v) is 4.93. The maximum Gasteiger partial charge on any atom is 0.286 e. The number of benzene rings is 1. The summed E-state index contributed by atoms with van der Waals surface area (Å²) in [6.45, 7) is 14.6. The van der Waals surface area contributed by atoms with Gasteiger partial charge in [0.05, 0.1) is 18.3 Å². The predicted molar refractivity (Wildman–Crippen MR) is 123 cm³/mol. The third kappa shape index (κ3) is 10.6. The molecule has 0 aliphatic rings. The molecule has 3 nitrogen and oxygen atoms in total. The van der Waals surface area contributed by atoms with Crippen LogP contribution in [0.15, 0.2) is 30.3 Å². The number of unbranched alkanes of at least 4 members (excludes halogenated alkanes) is 5. The van der Waals surface area contributed by atoms with Crippen molar-refractivity contribution in [3.05, 3.63) is 35.9 Å². The first-order valence-corrected chi connectivity index (χ1v) is 11.9. The largest absolute Gasteiger partial charge is 0.324 e. The Hall–Kier alpha value is -0.900. The first kappa shape index (κ1) is 26.1. The van der Waals surface area contributed by atoms with E-state index in [9.17, 15) is 0 Å². The summed E-state index contributed by atoms with van der Waals surface area (Å²) in [7, 11) is 0. The Bertz CT molecular complexity index is 483. The number of ether oxygens (including phenoxy) is 3. The van der Waals surface area contributed by atoms with Gasteiger partial charge < -0.3 is 14.2 Å². The second-order valence-corrected chi connectivity index (χ2v) is 9.05. The van der Waals surface area contributed by atoms with Crippen LogP contribution in [0.4, 0.5) is 0 Å². The molecule has 168 valence electrons. The minimum atomic E-state index is -1.02. The second kappa shape index (κ2) is 14.2. The van der Waals surface area contributed by atoms with Crippen LogP contribution in [-0.4, -0.2) is 24.3 Å². The second-order valence-electron chi connectivity index (χ2n) is 9.05. The average Bonchev–Trinajstić information content (AvgIpc) is 2.62. The van der Waals surface area contributed by atoms with E-state index in [2.05, 4.69) is 78.8 Å². The molecule has 1 aromatic rings.